The van der Waals surface area contributed by atoms with Crippen molar-refractivity contribution in [1.29, 1.82) is 0 Å². The summed E-state index contributed by atoms with van der Waals surface area (Å²) in [6.45, 7) is 0. The second-order valence-electron chi connectivity index (χ2n) is 4.24. The molecule has 3 nitrogen and oxygen atoms in total. The quantitative estimate of drug-likeness (QED) is 0.851. The summed E-state index contributed by atoms with van der Waals surface area (Å²) >= 11 is 9.34. The molecule has 5 heteroatoms. The number of alkyl halides is 1. The van der Waals surface area contributed by atoms with Crippen LogP contribution in [0.4, 0.5) is 0 Å². The molecule has 0 radical (unpaired) electrons. The summed E-state index contributed by atoms with van der Waals surface area (Å²) in [4.78, 5) is 16.3. The topological polar surface area (TPSA) is 42.0 Å². The molecule has 1 aromatic rings. The van der Waals surface area contributed by atoms with Gasteiger partial charge in [0.2, 0.25) is 0 Å². The second kappa shape index (κ2) is 5.83. The number of hydrogen-bond donors (Lipinski definition) is 1. The van der Waals surface area contributed by atoms with Crippen molar-refractivity contribution in [3.63, 3.8) is 0 Å². The van der Waals surface area contributed by atoms with Gasteiger partial charge in [0.05, 0.1) is 5.02 Å². The number of rotatable bonds is 2. The molecule has 1 fully saturated rings. The molecule has 0 aromatic carbocycles. The molecule has 1 N–H and O–H groups in total. The van der Waals surface area contributed by atoms with Crippen LogP contribution in [-0.2, 0) is 0 Å². The van der Waals surface area contributed by atoms with Crippen LogP contribution >= 0.6 is 27.5 Å². The van der Waals surface area contributed by atoms with Crippen molar-refractivity contribution in [2.75, 3.05) is 0 Å². The van der Waals surface area contributed by atoms with Gasteiger partial charge in [0.15, 0.2) is 0 Å². The zero-order chi connectivity index (χ0) is 12.3. The third-order valence-corrected chi connectivity index (χ3v) is 4.28. The number of halogens is 2. The lowest BCUT2D eigenvalue weighted by atomic mass is 9.95. The van der Waals surface area contributed by atoms with Gasteiger partial charge in [0.1, 0.15) is 5.69 Å². The number of carbonyl (C=O) groups is 1. The third kappa shape index (κ3) is 3.42. The van der Waals surface area contributed by atoms with E-state index in [0.29, 0.717) is 15.5 Å². The van der Waals surface area contributed by atoms with Gasteiger partial charge >= 0.3 is 0 Å². The normalized spacial score (nSPS) is 24.4. The van der Waals surface area contributed by atoms with E-state index < -0.39 is 0 Å². The minimum Gasteiger partial charge on any atom is -0.347 e. The average molecular weight is 318 g/mol. The van der Waals surface area contributed by atoms with Crippen molar-refractivity contribution in [2.45, 2.75) is 36.6 Å². The van der Waals surface area contributed by atoms with E-state index in [9.17, 15) is 4.79 Å². The summed E-state index contributed by atoms with van der Waals surface area (Å²) in [5.74, 6) is -0.127. The maximum Gasteiger partial charge on any atom is 0.270 e. The van der Waals surface area contributed by atoms with Gasteiger partial charge in [-0.05, 0) is 25.0 Å². The summed E-state index contributed by atoms with van der Waals surface area (Å²) in [7, 11) is 0. The molecule has 2 atom stereocenters. The van der Waals surface area contributed by atoms with Crippen molar-refractivity contribution in [3.05, 3.63) is 29.0 Å². The molecular weight excluding hydrogens is 304 g/mol. The van der Waals surface area contributed by atoms with Crippen molar-refractivity contribution < 1.29 is 4.79 Å². The Morgan fingerprint density at radius 2 is 2.18 bits per heavy atom. The average Bonchev–Trinajstić information content (AvgIpc) is 2.33. The van der Waals surface area contributed by atoms with Crippen LogP contribution in [0.2, 0.25) is 5.02 Å². The summed E-state index contributed by atoms with van der Waals surface area (Å²) in [6.07, 6.45) is 6.01. The number of amides is 1. The predicted octanol–water partition coefficient (Wildman–Crippen LogP) is 3.17. The zero-order valence-electron chi connectivity index (χ0n) is 9.33. The highest BCUT2D eigenvalue weighted by atomic mass is 79.9. The van der Waals surface area contributed by atoms with Crippen LogP contribution in [0.25, 0.3) is 0 Å². The zero-order valence-corrected chi connectivity index (χ0v) is 11.7. The fourth-order valence-electron chi connectivity index (χ4n) is 2.00. The highest BCUT2D eigenvalue weighted by molar-refractivity contribution is 9.09. The highest BCUT2D eigenvalue weighted by Crippen LogP contribution is 2.24. The van der Waals surface area contributed by atoms with Crippen LogP contribution in [0, 0.1) is 0 Å². The minimum atomic E-state index is -0.127. The predicted molar refractivity (Wildman–Crippen MR) is 71.7 cm³/mol. The molecule has 17 heavy (non-hydrogen) atoms. The lowest BCUT2D eigenvalue weighted by Gasteiger charge is -2.27. The molecule has 0 saturated heterocycles. The Labute approximate surface area is 114 Å². The Morgan fingerprint density at radius 3 is 2.82 bits per heavy atom. The SMILES string of the molecule is O=C(NC1CCCCC1Br)c1ccc(Cl)cn1. The first-order chi connectivity index (χ1) is 8.16. The van der Waals surface area contributed by atoms with Gasteiger partial charge < -0.3 is 5.32 Å². The Morgan fingerprint density at radius 1 is 1.41 bits per heavy atom. The standard InChI is InChI=1S/C12H14BrClN2O/c13-9-3-1-2-4-10(9)16-12(17)11-6-5-8(14)7-15-11/h5-7,9-10H,1-4H2,(H,16,17). The largest absolute Gasteiger partial charge is 0.347 e. The number of nitrogens with zero attached hydrogens (tertiary/aromatic N) is 1. The Bertz CT molecular complexity index is 396. The van der Waals surface area contributed by atoms with E-state index in [2.05, 4.69) is 26.2 Å². The lowest BCUT2D eigenvalue weighted by molar-refractivity contribution is 0.0925. The summed E-state index contributed by atoms with van der Waals surface area (Å²) < 4.78 is 0. The summed E-state index contributed by atoms with van der Waals surface area (Å²) in [5.41, 5.74) is 0.416. The number of pyridine rings is 1. The number of carbonyl (C=O) groups excluding carboxylic acids is 1. The van der Waals surface area contributed by atoms with Gasteiger partial charge in [0, 0.05) is 17.1 Å². The van der Waals surface area contributed by atoms with Gasteiger partial charge in [-0.25, -0.2) is 4.98 Å². The summed E-state index contributed by atoms with van der Waals surface area (Å²) in [6, 6.07) is 3.52. The first kappa shape index (κ1) is 12.8. The van der Waals surface area contributed by atoms with E-state index in [1.807, 2.05) is 0 Å². The van der Waals surface area contributed by atoms with Gasteiger partial charge in [0.25, 0.3) is 5.91 Å². The van der Waals surface area contributed by atoms with Gasteiger partial charge in [-0.3, -0.25) is 4.79 Å². The van der Waals surface area contributed by atoms with E-state index >= 15 is 0 Å². The number of nitrogens with one attached hydrogen (secondary N) is 1. The molecule has 0 aliphatic heterocycles. The molecular formula is C12H14BrClN2O. The second-order valence-corrected chi connectivity index (χ2v) is 5.85. The molecule has 1 aliphatic rings. The van der Waals surface area contributed by atoms with Crippen LogP contribution in [0.3, 0.4) is 0 Å². The number of hydrogen-bond acceptors (Lipinski definition) is 2. The molecule has 2 unspecified atom stereocenters. The van der Waals surface area contributed by atoms with Crippen LogP contribution in [-0.4, -0.2) is 21.8 Å². The fourth-order valence-corrected chi connectivity index (χ4v) is 2.83. The Kier molecular flexibility index (Phi) is 4.40. The highest BCUT2D eigenvalue weighted by Gasteiger charge is 2.24. The third-order valence-electron chi connectivity index (χ3n) is 2.96. The minimum absolute atomic E-state index is 0.127. The van der Waals surface area contributed by atoms with Crippen molar-refractivity contribution in [1.82, 2.24) is 10.3 Å². The van der Waals surface area contributed by atoms with Crippen molar-refractivity contribution in [2.24, 2.45) is 0 Å². The maximum absolute atomic E-state index is 11.9. The van der Waals surface area contributed by atoms with Crippen molar-refractivity contribution in [3.8, 4) is 0 Å². The molecule has 1 heterocycles. The van der Waals surface area contributed by atoms with Crippen LogP contribution < -0.4 is 5.32 Å². The van der Waals surface area contributed by atoms with Crippen LogP contribution in [0.1, 0.15) is 36.2 Å². The van der Waals surface area contributed by atoms with Gasteiger partial charge in [-0.15, -0.1) is 0 Å². The molecule has 1 aromatic heterocycles. The van der Waals surface area contributed by atoms with E-state index in [1.165, 1.54) is 19.0 Å². The maximum atomic E-state index is 11.9. The van der Waals surface area contributed by atoms with E-state index in [-0.39, 0.29) is 11.9 Å². The van der Waals surface area contributed by atoms with Gasteiger partial charge in [-0.1, -0.05) is 40.4 Å². The molecule has 2 rings (SSSR count). The van der Waals surface area contributed by atoms with Crippen molar-refractivity contribution >= 4 is 33.4 Å². The Balaban J connectivity index is 1.98. The van der Waals surface area contributed by atoms with E-state index in [4.69, 9.17) is 11.6 Å². The number of aromatic nitrogens is 1. The molecule has 1 saturated carbocycles. The fraction of sp³-hybridized carbons (Fsp3) is 0.500. The van der Waals surface area contributed by atoms with Crippen LogP contribution in [0.5, 0.6) is 0 Å². The first-order valence-electron chi connectivity index (χ1n) is 5.73. The lowest BCUT2D eigenvalue weighted by Crippen LogP contribution is -2.42. The molecule has 0 spiro atoms. The first-order valence-corrected chi connectivity index (χ1v) is 7.02. The smallest absolute Gasteiger partial charge is 0.270 e. The van der Waals surface area contributed by atoms with E-state index in [1.54, 1.807) is 12.1 Å². The van der Waals surface area contributed by atoms with Gasteiger partial charge in [-0.2, -0.15) is 0 Å². The summed E-state index contributed by atoms with van der Waals surface area (Å²) in [5, 5.41) is 3.55. The Hall–Kier alpha value is -0.610. The molecule has 92 valence electrons. The molecule has 1 amide bonds. The van der Waals surface area contributed by atoms with E-state index in [0.717, 1.165) is 12.8 Å². The molecule has 1 aliphatic carbocycles. The monoisotopic (exact) mass is 316 g/mol. The van der Waals surface area contributed by atoms with Crippen LogP contribution in [0.15, 0.2) is 18.3 Å². The molecule has 0 bridgehead atoms.